The first kappa shape index (κ1) is 23.3. The zero-order valence-corrected chi connectivity index (χ0v) is 19.9. The number of pyridine rings is 1. The molecule has 5 rings (SSSR count). The third-order valence-corrected chi connectivity index (χ3v) is 6.86. The van der Waals surface area contributed by atoms with Gasteiger partial charge in [0.2, 0.25) is 5.88 Å². The van der Waals surface area contributed by atoms with Gasteiger partial charge < -0.3 is 15.4 Å². The zero-order chi connectivity index (χ0) is 25.0. The van der Waals surface area contributed by atoms with Crippen molar-refractivity contribution in [3.8, 4) is 5.88 Å². The molecule has 1 amide bonds. The lowest BCUT2D eigenvalue weighted by atomic mass is 10.1. The first-order chi connectivity index (χ1) is 17.5. The van der Waals surface area contributed by atoms with Gasteiger partial charge in [0.25, 0.3) is 15.9 Å². The van der Waals surface area contributed by atoms with E-state index in [1.54, 1.807) is 54.7 Å². The number of anilines is 1. The predicted molar refractivity (Wildman–Crippen MR) is 136 cm³/mol. The van der Waals surface area contributed by atoms with Crippen LogP contribution in [-0.4, -0.2) is 25.1 Å². The van der Waals surface area contributed by atoms with Gasteiger partial charge in [-0.1, -0.05) is 42.5 Å². The van der Waals surface area contributed by atoms with Crippen molar-refractivity contribution in [1.29, 1.82) is 0 Å². The molecule has 0 saturated carbocycles. The van der Waals surface area contributed by atoms with Crippen LogP contribution in [0.25, 0.3) is 0 Å². The van der Waals surface area contributed by atoms with E-state index < -0.39 is 10.0 Å². The fraction of sp³-hybridized carbons (Fsp3) is 0.0741. The SMILES string of the molecule is O=C(NCc1ccnc(OCc2ccccc2)c1)c1ccc(NC2=NS(=O)(=O)c3ccccc32)cc1. The molecule has 2 N–H and O–H groups in total. The van der Waals surface area contributed by atoms with E-state index in [4.69, 9.17) is 4.74 Å². The van der Waals surface area contributed by atoms with E-state index in [1.807, 2.05) is 36.4 Å². The Balaban J connectivity index is 1.18. The van der Waals surface area contributed by atoms with Crippen LogP contribution in [0.2, 0.25) is 0 Å². The lowest BCUT2D eigenvalue weighted by Crippen LogP contribution is -2.22. The molecule has 1 aliphatic heterocycles. The smallest absolute Gasteiger partial charge is 0.285 e. The standard InChI is InChI=1S/C27H22N4O4S/c32-27(29-17-20-14-15-28-25(16-20)35-18-19-6-2-1-3-7-19)21-10-12-22(13-11-21)30-26-23-8-4-5-9-24(23)36(33,34)31-26/h1-16H,17-18H2,(H,29,32)(H,30,31). The maximum absolute atomic E-state index is 12.6. The summed E-state index contributed by atoms with van der Waals surface area (Å²) in [6, 6.07) is 26.8. The molecule has 1 aromatic heterocycles. The number of aromatic nitrogens is 1. The van der Waals surface area contributed by atoms with E-state index >= 15 is 0 Å². The molecule has 9 heteroatoms. The molecule has 0 atom stereocenters. The molecule has 0 aliphatic carbocycles. The van der Waals surface area contributed by atoms with Crippen LogP contribution < -0.4 is 15.4 Å². The molecule has 0 saturated heterocycles. The first-order valence-electron chi connectivity index (χ1n) is 11.2. The lowest BCUT2D eigenvalue weighted by molar-refractivity contribution is 0.0951. The van der Waals surface area contributed by atoms with Gasteiger partial charge >= 0.3 is 0 Å². The third-order valence-electron chi connectivity index (χ3n) is 5.52. The Bertz CT molecular complexity index is 1540. The summed E-state index contributed by atoms with van der Waals surface area (Å²) in [5.74, 6) is 0.501. The van der Waals surface area contributed by atoms with Crippen molar-refractivity contribution in [1.82, 2.24) is 10.3 Å². The second-order valence-corrected chi connectivity index (χ2v) is 9.65. The van der Waals surface area contributed by atoms with Gasteiger partial charge in [-0.2, -0.15) is 8.42 Å². The van der Waals surface area contributed by atoms with Crippen LogP contribution in [0.15, 0.2) is 106 Å². The molecular formula is C27H22N4O4S. The summed E-state index contributed by atoms with van der Waals surface area (Å²) in [6.07, 6.45) is 1.65. The summed E-state index contributed by atoms with van der Waals surface area (Å²) >= 11 is 0. The number of carbonyl (C=O) groups is 1. The molecule has 8 nitrogen and oxygen atoms in total. The van der Waals surface area contributed by atoms with Crippen LogP contribution in [0, 0.1) is 0 Å². The number of hydrogen-bond acceptors (Lipinski definition) is 6. The van der Waals surface area contributed by atoms with Crippen LogP contribution in [0.3, 0.4) is 0 Å². The number of amides is 1. The van der Waals surface area contributed by atoms with Crippen molar-refractivity contribution in [3.63, 3.8) is 0 Å². The largest absolute Gasteiger partial charge is 0.473 e. The van der Waals surface area contributed by atoms with Crippen molar-refractivity contribution in [3.05, 3.63) is 119 Å². The van der Waals surface area contributed by atoms with Gasteiger partial charge in [0, 0.05) is 35.6 Å². The number of carbonyl (C=O) groups excluding carboxylic acids is 1. The molecule has 180 valence electrons. The van der Waals surface area contributed by atoms with Crippen molar-refractivity contribution < 1.29 is 17.9 Å². The number of sulfonamides is 1. The van der Waals surface area contributed by atoms with Crippen molar-refractivity contribution >= 4 is 27.5 Å². The van der Waals surface area contributed by atoms with Crippen molar-refractivity contribution in [2.24, 2.45) is 4.40 Å². The summed E-state index contributed by atoms with van der Waals surface area (Å²) < 4.78 is 34.0. The minimum absolute atomic E-state index is 0.174. The topological polar surface area (TPSA) is 110 Å². The molecule has 0 unspecified atom stereocenters. The van der Waals surface area contributed by atoms with E-state index in [0.717, 1.165) is 11.1 Å². The van der Waals surface area contributed by atoms with Crippen LogP contribution in [-0.2, 0) is 23.2 Å². The average molecular weight is 499 g/mol. The molecule has 36 heavy (non-hydrogen) atoms. The lowest BCUT2D eigenvalue weighted by Gasteiger charge is -2.10. The van der Waals surface area contributed by atoms with Gasteiger partial charge in [0.1, 0.15) is 11.5 Å². The van der Waals surface area contributed by atoms with Crippen LogP contribution >= 0.6 is 0 Å². The number of fused-ring (bicyclic) bond motifs is 1. The van der Waals surface area contributed by atoms with Crippen LogP contribution in [0.4, 0.5) is 5.69 Å². The summed E-state index contributed by atoms with van der Waals surface area (Å²) in [5.41, 5.74) is 3.51. The summed E-state index contributed by atoms with van der Waals surface area (Å²) in [6.45, 7) is 0.725. The van der Waals surface area contributed by atoms with Gasteiger partial charge in [-0.05, 0) is 53.6 Å². The van der Waals surface area contributed by atoms with Gasteiger partial charge in [0.15, 0.2) is 5.84 Å². The van der Waals surface area contributed by atoms with Crippen molar-refractivity contribution in [2.45, 2.75) is 18.0 Å². The number of hydrogen-bond donors (Lipinski definition) is 2. The quantitative estimate of drug-likeness (QED) is 0.396. The summed E-state index contributed by atoms with van der Waals surface area (Å²) in [5, 5.41) is 5.91. The van der Waals surface area contributed by atoms with E-state index in [-0.39, 0.29) is 16.6 Å². The minimum atomic E-state index is -3.70. The number of amidine groups is 1. The number of benzene rings is 3. The van der Waals surface area contributed by atoms with E-state index in [2.05, 4.69) is 20.0 Å². The zero-order valence-electron chi connectivity index (χ0n) is 19.1. The fourth-order valence-corrected chi connectivity index (χ4v) is 4.87. The molecule has 3 aromatic carbocycles. The van der Waals surface area contributed by atoms with E-state index in [0.29, 0.717) is 35.8 Å². The number of ether oxygens (including phenoxy) is 1. The highest BCUT2D eigenvalue weighted by Crippen LogP contribution is 2.26. The highest BCUT2D eigenvalue weighted by atomic mass is 32.2. The monoisotopic (exact) mass is 498 g/mol. The molecule has 0 bridgehead atoms. The maximum Gasteiger partial charge on any atom is 0.285 e. The number of nitrogens with one attached hydrogen (secondary N) is 2. The Morgan fingerprint density at radius 2 is 1.61 bits per heavy atom. The molecule has 0 spiro atoms. The molecule has 0 radical (unpaired) electrons. The highest BCUT2D eigenvalue weighted by molar-refractivity contribution is 7.90. The summed E-state index contributed by atoms with van der Waals surface area (Å²) in [4.78, 5) is 17.0. The summed E-state index contributed by atoms with van der Waals surface area (Å²) in [7, 11) is -3.70. The van der Waals surface area contributed by atoms with E-state index in [9.17, 15) is 13.2 Å². The maximum atomic E-state index is 12.6. The molecule has 1 aliphatic rings. The molecular weight excluding hydrogens is 476 g/mol. The Labute approximate surface area is 208 Å². The first-order valence-corrected chi connectivity index (χ1v) is 12.6. The minimum Gasteiger partial charge on any atom is -0.473 e. The van der Waals surface area contributed by atoms with Gasteiger partial charge in [-0.25, -0.2) is 4.98 Å². The Morgan fingerprint density at radius 1 is 0.861 bits per heavy atom. The van der Waals surface area contributed by atoms with Gasteiger partial charge in [-0.3, -0.25) is 4.79 Å². The number of rotatable bonds is 7. The molecule has 4 aromatic rings. The van der Waals surface area contributed by atoms with Gasteiger partial charge in [0.05, 0.1) is 0 Å². The Kier molecular flexibility index (Phi) is 6.46. The van der Waals surface area contributed by atoms with Crippen molar-refractivity contribution in [2.75, 3.05) is 5.32 Å². The highest BCUT2D eigenvalue weighted by Gasteiger charge is 2.28. The Morgan fingerprint density at radius 3 is 2.42 bits per heavy atom. The van der Waals surface area contributed by atoms with Crippen LogP contribution in [0.1, 0.15) is 27.0 Å². The van der Waals surface area contributed by atoms with Gasteiger partial charge in [-0.15, -0.1) is 4.40 Å². The molecule has 2 heterocycles. The molecule has 0 fully saturated rings. The second kappa shape index (κ2) is 10.0. The predicted octanol–water partition coefficient (Wildman–Crippen LogP) is 4.15. The van der Waals surface area contributed by atoms with E-state index in [1.165, 1.54) is 6.07 Å². The normalized spacial score (nSPS) is 13.4. The fourth-order valence-electron chi connectivity index (χ4n) is 3.69. The third kappa shape index (κ3) is 5.26. The average Bonchev–Trinajstić information content (AvgIpc) is 3.17. The second-order valence-electron chi connectivity index (χ2n) is 8.07. The van der Waals surface area contributed by atoms with Crippen LogP contribution in [0.5, 0.6) is 5.88 Å². The number of nitrogens with zero attached hydrogens (tertiary/aromatic N) is 2. The Hall–Kier alpha value is -4.50.